The molecule has 1 fully saturated rings. The summed E-state index contributed by atoms with van der Waals surface area (Å²) in [7, 11) is 1.55. The summed E-state index contributed by atoms with van der Waals surface area (Å²) in [6, 6.07) is 0.190. The fourth-order valence-corrected chi connectivity index (χ4v) is 1.22. The lowest BCUT2D eigenvalue weighted by Crippen LogP contribution is -2.47. The van der Waals surface area contributed by atoms with Crippen molar-refractivity contribution in [2.24, 2.45) is 5.84 Å². The van der Waals surface area contributed by atoms with Crippen molar-refractivity contribution in [1.82, 2.24) is 10.3 Å². The molecule has 0 radical (unpaired) electrons. The predicted molar refractivity (Wildman–Crippen MR) is 48.9 cm³/mol. The van der Waals surface area contributed by atoms with E-state index in [1.165, 1.54) is 4.90 Å². The standard InChI is InChI=1S/C8H15N3O3/c1-14-5-4-11(6-2-3-6)8(13)7(12)10-9/h6H,2-5,9H2,1H3,(H,10,12). The zero-order valence-corrected chi connectivity index (χ0v) is 8.16. The lowest BCUT2D eigenvalue weighted by atomic mass is 10.4. The fraction of sp³-hybridized carbons (Fsp3) is 0.750. The quantitative estimate of drug-likeness (QED) is 0.254. The summed E-state index contributed by atoms with van der Waals surface area (Å²) in [6.07, 6.45) is 1.90. The van der Waals surface area contributed by atoms with Gasteiger partial charge in [0.25, 0.3) is 0 Å². The number of hydrazine groups is 1. The molecule has 0 aromatic carbocycles. The number of nitrogens with one attached hydrogen (secondary N) is 1. The van der Waals surface area contributed by atoms with E-state index in [1.54, 1.807) is 7.11 Å². The molecule has 14 heavy (non-hydrogen) atoms. The number of methoxy groups -OCH3 is 1. The van der Waals surface area contributed by atoms with Gasteiger partial charge in [0.1, 0.15) is 0 Å². The van der Waals surface area contributed by atoms with E-state index in [0.29, 0.717) is 13.2 Å². The Morgan fingerprint density at radius 1 is 1.57 bits per heavy atom. The monoisotopic (exact) mass is 201 g/mol. The van der Waals surface area contributed by atoms with Crippen molar-refractivity contribution in [3.05, 3.63) is 0 Å². The van der Waals surface area contributed by atoms with Gasteiger partial charge in [-0.1, -0.05) is 0 Å². The molecular weight excluding hydrogens is 186 g/mol. The molecule has 0 aliphatic heterocycles. The van der Waals surface area contributed by atoms with Crippen molar-refractivity contribution < 1.29 is 14.3 Å². The molecule has 0 atom stereocenters. The number of carbonyl (C=O) groups is 2. The second kappa shape index (κ2) is 4.92. The van der Waals surface area contributed by atoms with Crippen LogP contribution in [-0.2, 0) is 14.3 Å². The van der Waals surface area contributed by atoms with E-state index in [1.807, 2.05) is 5.43 Å². The maximum Gasteiger partial charge on any atom is 0.323 e. The van der Waals surface area contributed by atoms with Crippen LogP contribution in [0.1, 0.15) is 12.8 Å². The van der Waals surface area contributed by atoms with E-state index in [-0.39, 0.29) is 6.04 Å². The van der Waals surface area contributed by atoms with Crippen LogP contribution in [0.2, 0.25) is 0 Å². The zero-order chi connectivity index (χ0) is 10.6. The topological polar surface area (TPSA) is 84.7 Å². The van der Waals surface area contributed by atoms with Gasteiger partial charge in [0.2, 0.25) is 0 Å². The third kappa shape index (κ3) is 2.68. The zero-order valence-electron chi connectivity index (χ0n) is 8.16. The molecule has 2 amide bonds. The van der Waals surface area contributed by atoms with Gasteiger partial charge >= 0.3 is 11.8 Å². The first-order chi connectivity index (χ1) is 6.70. The summed E-state index contributed by atoms with van der Waals surface area (Å²) in [5, 5.41) is 0. The molecular formula is C8H15N3O3. The third-order valence-electron chi connectivity index (χ3n) is 2.11. The smallest absolute Gasteiger partial charge is 0.323 e. The van der Waals surface area contributed by atoms with Gasteiger partial charge in [0, 0.05) is 19.7 Å². The van der Waals surface area contributed by atoms with Gasteiger partial charge in [0.05, 0.1) is 6.61 Å². The second-order valence-corrected chi connectivity index (χ2v) is 3.20. The van der Waals surface area contributed by atoms with Crippen molar-refractivity contribution >= 4 is 11.8 Å². The Balaban J connectivity index is 2.48. The first-order valence-electron chi connectivity index (χ1n) is 4.51. The van der Waals surface area contributed by atoms with Gasteiger partial charge in [0.15, 0.2) is 0 Å². The Labute approximate surface area is 82.3 Å². The first kappa shape index (κ1) is 10.9. The van der Waals surface area contributed by atoms with Gasteiger partial charge in [-0.15, -0.1) is 0 Å². The SMILES string of the molecule is COCCN(C(=O)C(=O)NN)C1CC1. The Bertz CT molecular complexity index is 228. The van der Waals surface area contributed by atoms with Crippen LogP contribution in [0.25, 0.3) is 0 Å². The summed E-state index contributed by atoms with van der Waals surface area (Å²) >= 11 is 0. The highest BCUT2D eigenvalue weighted by Crippen LogP contribution is 2.26. The fourth-order valence-electron chi connectivity index (χ4n) is 1.22. The minimum absolute atomic E-state index is 0.190. The van der Waals surface area contributed by atoms with E-state index >= 15 is 0 Å². The maximum absolute atomic E-state index is 11.4. The van der Waals surface area contributed by atoms with Crippen LogP contribution in [0.5, 0.6) is 0 Å². The van der Waals surface area contributed by atoms with Crippen LogP contribution >= 0.6 is 0 Å². The number of nitrogens with two attached hydrogens (primary N) is 1. The molecule has 0 aromatic rings. The number of amides is 2. The lowest BCUT2D eigenvalue weighted by Gasteiger charge is -2.20. The highest BCUT2D eigenvalue weighted by Gasteiger charge is 2.34. The predicted octanol–water partition coefficient (Wildman–Crippen LogP) is -1.39. The van der Waals surface area contributed by atoms with E-state index < -0.39 is 11.8 Å². The minimum atomic E-state index is -0.770. The van der Waals surface area contributed by atoms with Crippen LogP contribution in [-0.4, -0.2) is 43.0 Å². The molecule has 0 aromatic heterocycles. The average Bonchev–Trinajstić information content (AvgIpc) is 3.01. The minimum Gasteiger partial charge on any atom is -0.383 e. The van der Waals surface area contributed by atoms with Crippen molar-refractivity contribution in [2.75, 3.05) is 20.3 Å². The average molecular weight is 201 g/mol. The maximum atomic E-state index is 11.4. The Hall–Kier alpha value is -1.14. The lowest BCUT2D eigenvalue weighted by molar-refractivity contribution is -0.146. The van der Waals surface area contributed by atoms with E-state index in [9.17, 15) is 9.59 Å². The molecule has 0 bridgehead atoms. The molecule has 6 nitrogen and oxygen atoms in total. The van der Waals surface area contributed by atoms with E-state index in [4.69, 9.17) is 10.6 Å². The van der Waals surface area contributed by atoms with Crippen molar-refractivity contribution in [2.45, 2.75) is 18.9 Å². The summed E-state index contributed by atoms with van der Waals surface area (Å²) < 4.78 is 4.86. The number of rotatable bonds is 4. The Morgan fingerprint density at radius 3 is 2.64 bits per heavy atom. The van der Waals surface area contributed by atoms with Crippen LogP contribution in [0.4, 0.5) is 0 Å². The molecule has 1 aliphatic rings. The molecule has 0 saturated heterocycles. The molecule has 1 aliphatic carbocycles. The van der Waals surface area contributed by atoms with Gasteiger partial charge < -0.3 is 9.64 Å². The van der Waals surface area contributed by atoms with Gasteiger partial charge in [-0.2, -0.15) is 0 Å². The molecule has 0 spiro atoms. The van der Waals surface area contributed by atoms with Crippen molar-refractivity contribution in [3.63, 3.8) is 0 Å². The third-order valence-corrected chi connectivity index (χ3v) is 2.11. The molecule has 1 rings (SSSR count). The molecule has 6 heteroatoms. The van der Waals surface area contributed by atoms with Gasteiger partial charge in [-0.25, -0.2) is 5.84 Å². The number of carbonyl (C=O) groups excluding carboxylic acids is 2. The number of hydrogen-bond acceptors (Lipinski definition) is 4. The van der Waals surface area contributed by atoms with Crippen LogP contribution in [0.3, 0.4) is 0 Å². The summed E-state index contributed by atoms with van der Waals surface area (Å²) in [4.78, 5) is 23.9. The normalized spacial score (nSPS) is 15.0. The Kier molecular flexibility index (Phi) is 3.84. The van der Waals surface area contributed by atoms with E-state index in [2.05, 4.69) is 0 Å². The van der Waals surface area contributed by atoms with Gasteiger partial charge in [-0.05, 0) is 12.8 Å². The van der Waals surface area contributed by atoms with Gasteiger partial charge in [-0.3, -0.25) is 15.0 Å². The van der Waals surface area contributed by atoms with Crippen LogP contribution in [0, 0.1) is 0 Å². The highest BCUT2D eigenvalue weighted by molar-refractivity contribution is 6.34. The first-order valence-corrected chi connectivity index (χ1v) is 4.51. The number of nitrogens with zero attached hydrogens (tertiary/aromatic N) is 1. The largest absolute Gasteiger partial charge is 0.383 e. The van der Waals surface area contributed by atoms with Crippen LogP contribution < -0.4 is 11.3 Å². The molecule has 80 valence electrons. The summed E-state index contributed by atoms with van der Waals surface area (Å²) in [5.74, 6) is 3.53. The number of hydrogen-bond donors (Lipinski definition) is 2. The van der Waals surface area contributed by atoms with Crippen LogP contribution in [0.15, 0.2) is 0 Å². The molecule has 0 unspecified atom stereocenters. The van der Waals surface area contributed by atoms with Crippen molar-refractivity contribution in [1.29, 1.82) is 0 Å². The second-order valence-electron chi connectivity index (χ2n) is 3.20. The Morgan fingerprint density at radius 2 is 2.21 bits per heavy atom. The molecule has 3 N–H and O–H groups in total. The number of ether oxygens (including phenoxy) is 1. The summed E-state index contributed by atoms with van der Waals surface area (Å²) in [5.41, 5.74) is 1.83. The van der Waals surface area contributed by atoms with Crippen molar-refractivity contribution in [3.8, 4) is 0 Å². The summed E-state index contributed by atoms with van der Waals surface area (Å²) in [6.45, 7) is 0.869. The molecule has 0 heterocycles. The highest BCUT2D eigenvalue weighted by atomic mass is 16.5. The van der Waals surface area contributed by atoms with E-state index in [0.717, 1.165) is 12.8 Å². The molecule has 1 saturated carbocycles.